The van der Waals surface area contributed by atoms with Crippen LogP contribution in [0.2, 0.25) is 0 Å². The first-order valence-electron chi connectivity index (χ1n) is 9.75. The number of guanidine groups is 1. The van der Waals surface area contributed by atoms with E-state index in [1.807, 2.05) is 13.1 Å². The molecule has 2 aliphatic rings. The summed E-state index contributed by atoms with van der Waals surface area (Å²) in [6.45, 7) is 6.84. The van der Waals surface area contributed by atoms with Crippen LogP contribution in [-0.2, 0) is 5.41 Å². The van der Waals surface area contributed by atoms with Gasteiger partial charge in [-0.3, -0.25) is 4.99 Å². The Morgan fingerprint density at radius 1 is 1.07 bits per heavy atom. The maximum absolute atomic E-state index is 4.54. The molecule has 1 saturated carbocycles. The van der Waals surface area contributed by atoms with Gasteiger partial charge in [0.2, 0.25) is 5.95 Å². The highest BCUT2D eigenvalue weighted by Gasteiger charge is 2.45. The van der Waals surface area contributed by atoms with Crippen LogP contribution in [0.25, 0.3) is 0 Å². The lowest BCUT2D eigenvalue weighted by Crippen LogP contribution is -2.53. The third-order valence-corrected chi connectivity index (χ3v) is 5.78. The van der Waals surface area contributed by atoms with Gasteiger partial charge in [-0.15, -0.1) is 24.0 Å². The number of nitrogens with zero attached hydrogens (tertiary/aromatic N) is 5. The minimum Gasteiger partial charge on any atom is -0.355 e. The molecule has 0 amide bonds. The molecule has 150 valence electrons. The van der Waals surface area contributed by atoms with Crippen molar-refractivity contribution in [3.05, 3.63) is 53.9 Å². The van der Waals surface area contributed by atoms with Crippen LogP contribution in [0.1, 0.15) is 24.0 Å². The number of aliphatic imine (C=N–C) groups is 1. The first-order chi connectivity index (χ1) is 13.2. The van der Waals surface area contributed by atoms with E-state index >= 15 is 0 Å². The van der Waals surface area contributed by atoms with E-state index in [9.17, 15) is 0 Å². The van der Waals surface area contributed by atoms with Crippen molar-refractivity contribution in [1.29, 1.82) is 0 Å². The number of hydrogen-bond acceptors (Lipinski definition) is 4. The Kier molecular flexibility index (Phi) is 6.74. The van der Waals surface area contributed by atoms with Crippen molar-refractivity contribution in [2.24, 2.45) is 4.99 Å². The van der Waals surface area contributed by atoms with E-state index in [0.717, 1.165) is 44.6 Å². The molecule has 1 aliphatic heterocycles. The molecular formula is C21H29IN6. The van der Waals surface area contributed by atoms with E-state index in [-0.39, 0.29) is 29.4 Å². The van der Waals surface area contributed by atoms with Crippen molar-refractivity contribution in [2.45, 2.75) is 25.2 Å². The SMILES string of the molecule is CN=C(NCC1(c2ccccc2C)CC1)N1CCN(c2ncccn2)CC1.I. The standard InChI is InChI=1S/C21H28N6.HI/c1-17-6-3-4-7-18(17)21(8-9-21)16-25-19(22-2)26-12-14-27(15-13-26)20-23-10-5-11-24-20;/h3-7,10-11H,8-9,12-16H2,1-2H3,(H,22,25);1H. The van der Waals surface area contributed by atoms with Crippen molar-refractivity contribution in [3.8, 4) is 0 Å². The van der Waals surface area contributed by atoms with Crippen LogP contribution in [0.15, 0.2) is 47.7 Å². The largest absolute Gasteiger partial charge is 0.355 e. The number of piperazine rings is 1. The number of anilines is 1. The minimum atomic E-state index is 0. The topological polar surface area (TPSA) is 56.7 Å². The summed E-state index contributed by atoms with van der Waals surface area (Å²) in [6.07, 6.45) is 6.10. The fraction of sp³-hybridized carbons (Fsp3) is 0.476. The summed E-state index contributed by atoms with van der Waals surface area (Å²) in [7, 11) is 1.88. The molecule has 2 heterocycles. The van der Waals surface area contributed by atoms with Crippen LogP contribution >= 0.6 is 24.0 Å². The molecule has 0 spiro atoms. The summed E-state index contributed by atoms with van der Waals surface area (Å²) >= 11 is 0. The quantitative estimate of drug-likeness (QED) is 0.404. The Labute approximate surface area is 184 Å². The fourth-order valence-electron chi connectivity index (χ4n) is 4.01. The van der Waals surface area contributed by atoms with E-state index < -0.39 is 0 Å². The molecule has 7 heteroatoms. The maximum atomic E-state index is 4.54. The lowest BCUT2D eigenvalue weighted by Gasteiger charge is -2.36. The maximum Gasteiger partial charge on any atom is 0.225 e. The van der Waals surface area contributed by atoms with Crippen molar-refractivity contribution in [3.63, 3.8) is 0 Å². The molecule has 0 radical (unpaired) electrons. The van der Waals surface area contributed by atoms with Crippen LogP contribution in [0.3, 0.4) is 0 Å². The number of nitrogens with one attached hydrogen (secondary N) is 1. The zero-order valence-electron chi connectivity index (χ0n) is 16.6. The van der Waals surface area contributed by atoms with Crippen LogP contribution in [0, 0.1) is 6.92 Å². The average Bonchev–Trinajstić information content (AvgIpc) is 3.51. The smallest absolute Gasteiger partial charge is 0.225 e. The summed E-state index contributed by atoms with van der Waals surface area (Å²) in [4.78, 5) is 17.8. The molecular weight excluding hydrogens is 463 g/mol. The van der Waals surface area contributed by atoms with E-state index in [0.29, 0.717) is 0 Å². The Morgan fingerprint density at radius 3 is 2.36 bits per heavy atom. The molecule has 2 aromatic rings. The Bertz CT molecular complexity index is 798. The highest BCUT2D eigenvalue weighted by molar-refractivity contribution is 14.0. The van der Waals surface area contributed by atoms with Crippen LogP contribution in [0.4, 0.5) is 5.95 Å². The van der Waals surface area contributed by atoms with Crippen molar-refractivity contribution < 1.29 is 0 Å². The lowest BCUT2D eigenvalue weighted by molar-refractivity contribution is 0.368. The van der Waals surface area contributed by atoms with E-state index in [1.54, 1.807) is 12.4 Å². The van der Waals surface area contributed by atoms with E-state index in [1.165, 1.54) is 24.0 Å². The van der Waals surface area contributed by atoms with Gasteiger partial charge in [-0.2, -0.15) is 0 Å². The highest BCUT2D eigenvalue weighted by atomic mass is 127. The summed E-state index contributed by atoms with van der Waals surface area (Å²) in [5, 5.41) is 3.65. The van der Waals surface area contributed by atoms with Crippen molar-refractivity contribution in [2.75, 3.05) is 44.7 Å². The molecule has 0 atom stereocenters. The first kappa shape index (κ1) is 20.8. The number of aryl methyl sites for hydroxylation is 1. The summed E-state index contributed by atoms with van der Waals surface area (Å²) in [5.41, 5.74) is 3.16. The molecule has 28 heavy (non-hydrogen) atoms. The third kappa shape index (κ3) is 4.39. The zero-order chi connectivity index (χ0) is 18.7. The molecule has 1 N–H and O–H groups in total. The number of aromatic nitrogens is 2. The minimum absolute atomic E-state index is 0. The van der Waals surface area contributed by atoms with Crippen molar-refractivity contribution >= 4 is 35.9 Å². The van der Waals surface area contributed by atoms with Gasteiger partial charge in [-0.25, -0.2) is 9.97 Å². The van der Waals surface area contributed by atoms with E-state index in [4.69, 9.17) is 0 Å². The molecule has 0 unspecified atom stereocenters. The number of hydrogen-bond donors (Lipinski definition) is 1. The summed E-state index contributed by atoms with van der Waals surface area (Å²) in [6, 6.07) is 10.6. The summed E-state index contributed by atoms with van der Waals surface area (Å²) in [5.74, 6) is 1.82. The van der Waals surface area contributed by atoms with Gasteiger partial charge in [0, 0.05) is 57.6 Å². The number of benzene rings is 1. The van der Waals surface area contributed by atoms with Crippen molar-refractivity contribution in [1.82, 2.24) is 20.2 Å². The predicted molar refractivity (Wildman–Crippen MR) is 125 cm³/mol. The second-order valence-corrected chi connectivity index (χ2v) is 7.52. The van der Waals surface area contributed by atoms with Gasteiger partial charge < -0.3 is 15.1 Å². The van der Waals surface area contributed by atoms with Gasteiger partial charge in [0.1, 0.15) is 0 Å². The van der Waals surface area contributed by atoms with Gasteiger partial charge in [-0.05, 0) is 37.0 Å². The van der Waals surface area contributed by atoms with Gasteiger partial charge in [0.25, 0.3) is 0 Å². The van der Waals surface area contributed by atoms with Gasteiger partial charge >= 0.3 is 0 Å². The fourth-order valence-corrected chi connectivity index (χ4v) is 4.01. The number of halogens is 1. The van der Waals surface area contributed by atoms with Crippen LogP contribution < -0.4 is 10.2 Å². The van der Waals surface area contributed by atoms with Crippen LogP contribution in [-0.4, -0.2) is 60.6 Å². The molecule has 1 saturated heterocycles. The highest BCUT2D eigenvalue weighted by Crippen LogP contribution is 2.48. The number of rotatable bonds is 4. The van der Waals surface area contributed by atoms with Gasteiger partial charge in [-0.1, -0.05) is 24.3 Å². The molecule has 2 fully saturated rings. The molecule has 1 aliphatic carbocycles. The second-order valence-electron chi connectivity index (χ2n) is 7.52. The normalized spacial score (nSPS) is 18.4. The average molecular weight is 492 g/mol. The Morgan fingerprint density at radius 2 is 1.75 bits per heavy atom. The van der Waals surface area contributed by atoms with Gasteiger partial charge in [0.05, 0.1) is 0 Å². The van der Waals surface area contributed by atoms with Gasteiger partial charge in [0.15, 0.2) is 5.96 Å². The zero-order valence-corrected chi connectivity index (χ0v) is 19.0. The van der Waals surface area contributed by atoms with Crippen LogP contribution in [0.5, 0.6) is 0 Å². The molecule has 4 rings (SSSR count). The molecule has 6 nitrogen and oxygen atoms in total. The summed E-state index contributed by atoms with van der Waals surface area (Å²) < 4.78 is 0. The monoisotopic (exact) mass is 492 g/mol. The Hall–Kier alpha value is -1.90. The third-order valence-electron chi connectivity index (χ3n) is 5.78. The van der Waals surface area contributed by atoms with E-state index in [2.05, 4.69) is 61.3 Å². The molecule has 1 aromatic carbocycles. The second kappa shape index (κ2) is 9.07. The molecule has 1 aromatic heterocycles. The predicted octanol–water partition coefficient (Wildman–Crippen LogP) is 2.83. The lowest BCUT2D eigenvalue weighted by atomic mass is 9.92. The Balaban J connectivity index is 0.00000225. The first-order valence-corrected chi connectivity index (χ1v) is 9.75. The molecule has 0 bridgehead atoms.